The van der Waals surface area contributed by atoms with Crippen molar-refractivity contribution in [2.45, 2.75) is 13.0 Å². The van der Waals surface area contributed by atoms with Crippen LogP contribution in [0.15, 0.2) is 33.9 Å². The maximum atomic E-state index is 12.1. The van der Waals surface area contributed by atoms with Crippen LogP contribution in [0.1, 0.15) is 6.42 Å². The molecular formula is C12H15ClN4O2S. The number of H-pyrrole nitrogens is 1. The molecule has 0 bridgehead atoms. The Kier molecular flexibility index (Phi) is 5.84. The number of thioether (sulfide) groups is 1. The van der Waals surface area contributed by atoms with Crippen LogP contribution < -0.4 is 17.0 Å². The van der Waals surface area contributed by atoms with Crippen LogP contribution in [0.4, 0.5) is 0 Å². The van der Waals surface area contributed by atoms with Gasteiger partial charge in [0.05, 0.1) is 10.9 Å². The van der Waals surface area contributed by atoms with Crippen molar-refractivity contribution >= 4 is 40.2 Å². The molecule has 1 aromatic carbocycles. The van der Waals surface area contributed by atoms with E-state index in [1.54, 1.807) is 24.3 Å². The summed E-state index contributed by atoms with van der Waals surface area (Å²) in [5.74, 6) is 0.605. The van der Waals surface area contributed by atoms with E-state index in [1.807, 2.05) is 0 Å². The fraction of sp³-hybridized carbons (Fsp3) is 0.250. The highest BCUT2D eigenvalue weighted by molar-refractivity contribution is 8.13. The lowest BCUT2D eigenvalue weighted by Crippen LogP contribution is -2.35. The molecule has 8 heteroatoms. The van der Waals surface area contributed by atoms with Crippen LogP contribution in [-0.4, -0.2) is 20.5 Å². The number of hydrogen-bond donors (Lipinski definition) is 3. The normalized spacial score (nSPS) is 10.2. The average Bonchev–Trinajstić information content (AvgIpc) is 2.37. The molecule has 6 nitrogen and oxygen atoms in total. The molecule has 1 aromatic heterocycles. The standard InChI is InChI=1S/C12H14N4O2S.ClH/c13-11(14)19-7-3-6-16-10(17)8-4-1-2-5-9(8)15-12(16)18;/h1-2,4-5H,3,6-7H2,(H3,13,14)(H,15,18);1H. The maximum Gasteiger partial charge on any atom is 0.328 e. The summed E-state index contributed by atoms with van der Waals surface area (Å²) in [6.07, 6.45) is 0.603. The summed E-state index contributed by atoms with van der Waals surface area (Å²) in [7, 11) is 0. The van der Waals surface area contributed by atoms with Gasteiger partial charge in [0, 0.05) is 12.3 Å². The minimum atomic E-state index is -0.406. The fourth-order valence-corrected chi connectivity index (χ4v) is 2.30. The van der Waals surface area contributed by atoms with Gasteiger partial charge in [-0.15, -0.1) is 12.4 Å². The summed E-state index contributed by atoms with van der Waals surface area (Å²) in [4.78, 5) is 26.6. The smallest absolute Gasteiger partial charge is 0.328 e. The Labute approximate surface area is 125 Å². The van der Waals surface area contributed by atoms with Crippen LogP contribution in [0.25, 0.3) is 10.9 Å². The first kappa shape index (κ1) is 16.3. The van der Waals surface area contributed by atoms with Gasteiger partial charge in [0.2, 0.25) is 0 Å². The van der Waals surface area contributed by atoms with Crippen LogP contribution in [0, 0.1) is 5.41 Å². The first-order valence-electron chi connectivity index (χ1n) is 5.78. The van der Waals surface area contributed by atoms with Gasteiger partial charge in [-0.2, -0.15) is 0 Å². The number of para-hydroxylation sites is 1. The first-order chi connectivity index (χ1) is 9.09. The maximum absolute atomic E-state index is 12.1. The Hall–Kier alpha value is -1.73. The van der Waals surface area contributed by atoms with Gasteiger partial charge >= 0.3 is 5.69 Å². The Bertz CT molecular complexity index is 725. The minimum Gasteiger partial charge on any atom is -0.379 e. The molecule has 2 rings (SSSR count). The molecule has 0 unspecified atom stereocenters. The zero-order valence-electron chi connectivity index (χ0n) is 10.6. The molecule has 4 N–H and O–H groups in total. The third-order valence-corrected chi connectivity index (χ3v) is 3.48. The molecule has 0 atom stereocenters. The molecule has 0 saturated heterocycles. The summed E-state index contributed by atoms with van der Waals surface area (Å²) >= 11 is 1.20. The van der Waals surface area contributed by atoms with Crippen molar-refractivity contribution in [3.8, 4) is 0 Å². The van der Waals surface area contributed by atoms with Gasteiger partial charge in [0.15, 0.2) is 5.17 Å². The van der Waals surface area contributed by atoms with Crippen molar-refractivity contribution in [3.05, 3.63) is 45.1 Å². The van der Waals surface area contributed by atoms with Crippen molar-refractivity contribution in [1.29, 1.82) is 5.41 Å². The molecule has 0 aliphatic carbocycles. The van der Waals surface area contributed by atoms with Gasteiger partial charge in [-0.1, -0.05) is 23.9 Å². The van der Waals surface area contributed by atoms with E-state index >= 15 is 0 Å². The molecule has 0 spiro atoms. The summed E-state index contributed by atoms with van der Waals surface area (Å²) in [6.45, 7) is 0.319. The third kappa shape index (κ3) is 3.64. The summed E-state index contributed by atoms with van der Waals surface area (Å²) in [5.41, 5.74) is 5.07. The van der Waals surface area contributed by atoms with Crippen LogP contribution in [0.5, 0.6) is 0 Å². The topological polar surface area (TPSA) is 105 Å². The van der Waals surface area contributed by atoms with Crippen molar-refractivity contribution < 1.29 is 0 Å². The number of aromatic amines is 1. The van der Waals surface area contributed by atoms with Gasteiger partial charge in [-0.3, -0.25) is 14.8 Å². The highest BCUT2D eigenvalue weighted by Crippen LogP contribution is 2.04. The zero-order valence-corrected chi connectivity index (χ0v) is 12.2. The number of benzene rings is 1. The van der Waals surface area contributed by atoms with Crippen LogP contribution >= 0.6 is 24.2 Å². The van der Waals surface area contributed by atoms with Crippen molar-refractivity contribution in [2.24, 2.45) is 5.73 Å². The lowest BCUT2D eigenvalue weighted by molar-refractivity contribution is 0.627. The summed E-state index contributed by atoms with van der Waals surface area (Å²) in [5, 5.41) is 7.62. The van der Waals surface area contributed by atoms with E-state index in [1.165, 1.54) is 16.3 Å². The predicted molar refractivity (Wildman–Crippen MR) is 85.1 cm³/mol. The van der Waals surface area contributed by atoms with E-state index in [4.69, 9.17) is 11.1 Å². The number of nitrogens with two attached hydrogens (primary N) is 1. The molecule has 0 amide bonds. The monoisotopic (exact) mass is 314 g/mol. The number of halogens is 1. The van der Waals surface area contributed by atoms with E-state index in [2.05, 4.69) is 4.98 Å². The number of nitrogens with zero attached hydrogens (tertiary/aromatic N) is 1. The van der Waals surface area contributed by atoms with E-state index in [0.717, 1.165) is 0 Å². The third-order valence-electron chi connectivity index (χ3n) is 2.67. The molecule has 20 heavy (non-hydrogen) atoms. The van der Waals surface area contributed by atoms with E-state index < -0.39 is 5.69 Å². The fourth-order valence-electron chi connectivity index (χ4n) is 1.81. The molecule has 2 aromatic rings. The van der Waals surface area contributed by atoms with Gasteiger partial charge in [-0.25, -0.2) is 4.79 Å². The number of amidine groups is 1. The average molecular weight is 315 g/mol. The second-order valence-corrected chi connectivity index (χ2v) is 5.14. The lowest BCUT2D eigenvalue weighted by Gasteiger charge is -2.05. The molecular weight excluding hydrogens is 300 g/mol. The molecule has 108 valence electrons. The second-order valence-electron chi connectivity index (χ2n) is 4.00. The van der Waals surface area contributed by atoms with Gasteiger partial charge < -0.3 is 10.7 Å². The van der Waals surface area contributed by atoms with Crippen molar-refractivity contribution in [3.63, 3.8) is 0 Å². The lowest BCUT2D eigenvalue weighted by atomic mass is 10.2. The highest BCUT2D eigenvalue weighted by atomic mass is 35.5. The predicted octanol–water partition coefficient (Wildman–Crippen LogP) is 1.13. The number of hydrogen-bond acceptors (Lipinski definition) is 4. The number of aromatic nitrogens is 2. The SMILES string of the molecule is Cl.N=C(N)SCCCn1c(=O)[nH]c2ccccc2c1=O. The highest BCUT2D eigenvalue weighted by Gasteiger charge is 2.06. The molecule has 0 aliphatic heterocycles. The number of rotatable bonds is 4. The Morgan fingerprint density at radius 1 is 1.35 bits per heavy atom. The van der Waals surface area contributed by atoms with E-state index in [9.17, 15) is 9.59 Å². The van der Waals surface area contributed by atoms with Crippen LogP contribution in [0.2, 0.25) is 0 Å². The van der Waals surface area contributed by atoms with E-state index in [0.29, 0.717) is 29.6 Å². The number of nitrogens with one attached hydrogen (secondary N) is 2. The molecule has 0 radical (unpaired) electrons. The van der Waals surface area contributed by atoms with Crippen LogP contribution in [-0.2, 0) is 6.54 Å². The quantitative estimate of drug-likeness (QED) is 0.447. The molecule has 0 fully saturated rings. The van der Waals surface area contributed by atoms with Gasteiger partial charge in [-0.05, 0) is 18.6 Å². The second kappa shape index (κ2) is 7.16. The van der Waals surface area contributed by atoms with Crippen molar-refractivity contribution in [1.82, 2.24) is 9.55 Å². The molecule has 1 heterocycles. The first-order valence-corrected chi connectivity index (χ1v) is 6.77. The van der Waals surface area contributed by atoms with Gasteiger partial charge in [0.25, 0.3) is 5.56 Å². The van der Waals surface area contributed by atoms with E-state index in [-0.39, 0.29) is 23.1 Å². The largest absolute Gasteiger partial charge is 0.379 e. The molecule has 0 aliphatic rings. The van der Waals surface area contributed by atoms with Crippen LogP contribution in [0.3, 0.4) is 0 Å². The summed E-state index contributed by atoms with van der Waals surface area (Å²) < 4.78 is 1.18. The zero-order chi connectivity index (χ0) is 13.8. The Morgan fingerprint density at radius 2 is 2.05 bits per heavy atom. The van der Waals surface area contributed by atoms with Gasteiger partial charge in [0.1, 0.15) is 0 Å². The summed E-state index contributed by atoms with van der Waals surface area (Å²) in [6, 6.07) is 6.92. The minimum absolute atomic E-state index is 0. The number of fused-ring (bicyclic) bond motifs is 1. The Balaban J connectivity index is 0.00000200. The Morgan fingerprint density at radius 3 is 2.75 bits per heavy atom. The molecule has 0 saturated carbocycles. The van der Waals surface area contributed by atoms with Crippen molar-refractivity contribution in [2.75, 3.05) is 5.75 Å².